The first-order valence-corrected chi connectivity index (χ1v) is 6.10. The van der Waals surface area contributed by atoms with E-state index in [4.69, 9.17) is 10.5 Å². The Morgan fingerprint density at radius 1 is 1.38 bits per heavy atom. The first kappa shape index (κ1) is 11.6. The van der Waals surface area contributed by atoms with Gasteiger partial charge in [-0.25, -0.2) is 0 Å². The summed E-state index contributed by atoms with van der Waals surface area (Å²) in [6.45, 7) is 5.17. The van der Waals surface area contributed by atoms with E-state index in [2.05, 4.69) is 32.0 Å². The van der Waals surface area contributed by atoms with Gasteiger partial charge in [0.2, 0.25) is 0 Å². The number of hydrogen-bond acceptors (Lipinski definition) is 2. The lowest BCUT2D eigenvalue weighted by Gasteiger charge is -2.18. The maximum absolute atomic E-state index is 6.17. The number of rotatable bonds is 3. The van der Waals surface area contributed by atoms with Crippen molar-refractivity contribution in [2.24, 2.45) is 5.73 Å². The fourth-order valence-electron chi connectivity index (χ4n) is 2.27. The van der Waals surface area contributed by atoms with E-state index < -0.39 is 0 Å². The van der Waals surface area contributed by atoms with Crippen LogP contribution in [0.4, 0.5) is 0 Å². The van der Waals surface area contributed by atoms with Crippen LogP contribution >= 0.6 is 0 Å². The molecule has 1 aromatic rings. The fourth-order valence-corrected chi connectivity index (χ4v) is 2.27. The van der Waals surface area contributed by atoms with Crippen LogP contribution in [0.2, 0.25) is 0 Å². The number of ether oxygens (including phenoxy) is 1. The summed E-state index contributed by atoms with van der Waals surface area (Å²) in [5.74, 6) is 0. The Balaban J connectivity index is 1.99. The molecule has 0 bridgehead atoms. The van der Waals surface area contributed by atoms with Crippen molar-refractivity contribution in [3.8, 4) is 0 Å². The van der Waals surface area contributed by atoms with Crippen molar-refractivity contribution in [3.63, 3.8) is 0 Å². The molecular weight excluding hydrogens is 198 g/mol. The number of aryl methyl sites for hydroxylation is 2. The third-order valence-corrected chi connectivity index (χ3v) is 3.49. The van der Waals surface area contributed by atoms with Crippen LogP contribution in [0.3, 0.4) is 0 Å². The van der Waals surface area contributed by atoms with Gasteiger partial charge in [0, 0.05) is 12.6 Å². The molecule has 0 saturated carbocycles. The van der Waals surface area contributed by atoms with Gasteiger partial charge in [-0.05, 0) is 49.8 Å². The van der Waals surface area contributed by atoms with Gasteiger partial charge in [0.05, 0.1) is 6.10 Å². The van der Waals surface area contributed by atoms with E-state index in [1.807, 2.05) is 0 Å². The van der Waals surface area contributed by atoms with Crippen molar-refractivity contribution in [1.29, 1.82) is 0 Å². The zero-order valence-corrected chi connectivity index (χ0v) is 10.2. The topological polar surface area (TPSA) is 35.2 Å². The Labute approximate surface area is 97.8 Å². The van der Waals surface area contributed by atoms with Crippen molar-refractivity contribution < 1.29 is 4.74 Å². The van der Waals surface area contributed by atoms with Gasteiger partial charge >= 0.3 is 0 Å². The summed E-state index contributed by atoms with van der Waals surface area (Å²) in [6, 6.07) is 6.73. The van der Waals surface area contributed by atoms with Crippen LogP contribution in [-0.4, -0.2) is 18.8 Å². The van der Waals surface area contributed by atoms with Gasteiger partial charge in [-0.15, -0.1) is 0 Å². The Morgan fingerprint density at radius 3 is 2.81 bits per heavy atom. The maximum atomic E-state index is 6.17. The number of benzene rings is 1. The molecule has 2 heteroatoms. The maximum Gasteiger partial charge on any atom is 0.0730 e. The lowest BCUT2D eigenvalue weighted by atomic mass is 9.97. The SMILES string of the molecule is Cc1ccc(CC(N)C2CCCO2)cc1C. The molecule has 0 aromatic heterocycles. The van der Waals surface area contributed by atoms with Gasteiger partial charge in [-0.2, -0.15) is 0 Å². The second-order valence-electron chi connectivity index (χ2n) is 4.84. The highest BCUT2D eigenvalue weighted by Crippen LogP contribution is 2.18. The quantitative estimate of drug-likeness (QED) is 0.847. The summed E-state index contributed by atoms with van der Waals surface area (Å²) in [6.07, 6.45) is 3.46. The highest BCUT2D eigenvalue weighted by Gasteiger charge is 2.22. The molecule has 2 N–H and O–H groups in total. The molecule has 16 heavy (non-hydrogen) atoms. The molecule has 2 atom stereocenters. The van der Waals surface area contributed by atoms with E-state index >= 15 is 0 Å². The predicted molar refractivity (Wildman–Crippen MR) is 66.6 cm³/mol. The van der Waals surface area contributed by atoms with E-state index in [9.17, 15) is 0 Å². The molecule has 1 fully saturated rings. The van der Waals surface area contributed by atoms with Gasteiger partial charge < -0.3 is 10.5 Å². The minimum absolute atomic E-state index is 0.143. The fraction of sp³-hybridized carbons (Fsp3) is 0.571. The van der Waals surface area contributed by atoms with Crippen molar-refractivity contribution in [3.05, 3.63) is 34.9 Å². The standard InChI is InChI=1S/C14H21NO/c1-10-5-6-12(8-11(10)2)9-13(15)14-4-3-7-16-14/h5-6,8,13-14H,3-4,7,9,15H2,1-2H3. The van der Waals surface area contributed by atoms with E-state index in [1.54, 1.807) is 0 Å². The minimum atomic E-state index is 0.143. The summed E-state index contributed by atoms with van der Waals surface area (Å²) in [4.78, 5) is 0. The van der Waals surface area contributed by atoms with Crippen molar-refractivity contribution in [1.82, 2.24) is 0 Å². The molecule has 1 aliphatic heterocycles. The van der Waals surface area contributed by atoms with E-state index in [1.165, 1.54) is 16.7 Å². The Kier molecular flexibility index (Phi) is 3.62. The molecule has 1 saturated heterocycles. The van der Waals surface area contributed by atoms with E-state index in [0.717, 1.165) is 25.9 Å². The number of nitrogens with two attached hydrogens (primary N) is 1. The van der Waals surface area contributed by atoms with Gasteiger partial charge in [-0.3, -0.25) is 0 Å². The molecule has 1 heterocycles. The lowest BCUT2D eigenvalue weighted by molar-refractivity contribution is 0.0900. The first-order valence-electron chi connectivity index (χ1n) is 6.10. The van der Waals surface area contributed by atoms with Crippen LogP contribution in [0.1, 0.15) is 29.5 Å². The molecule has 0 aliphatic carbocycles. The largest absolute Gasteiger partial charge is 0.377 e. The molecule has 1 aromatic carbocycles. The molecule has 0 radical (unpaired) electrons. The highest BCUT2D eigenvalue weighted by molar-refractivity contribution is 5.30. The van der Waals surface area contributed by atoms with Crippen molar-refractivity contribution >= 4 is 0 Å². The molecule has 88 valence electrons. The van der Waals surface area contributed by atoms with Crippen LogP contribution < -0.4 is 5.73 Å². The monoisotopic (exact) mass is 219 g/mol. The summed E-state index contributed by atoms with van der Waals surface area (Å²) < 4.78 is 5.62. The summed E-state index contributed by atoms with van der Waals surface area (Å²) in [7, 11) is 0. The van der Waals surface area contributed by atoms with Crippen molar-refractivity contribution in [2.75, 3.05) is 6.61 Å². The van der Waals surface area contributed by atoms with Crippen LogP contribution in [0.5, 0.6) is 0 Å². The Hall–Kier alpha value is -0.860. The van der Waals surface area contributed by atoms with Gasteiger partial charge in [0.1, 0.15) is 0 Å². The summed E-state index contributed by atoms with van der Waals surface area (Å²) >= 11 is 0. The molecule has 2 unspecified atom stereocenters. The zero-order valence-electron chi connectivity index (χ0n) is 10.2. The third kappa shape index (κ3) is 2.63. The average molecular weight is 219 g/mol. The highest BCUT2D eigenvalue weighted by atomic mass is 16.5. The van der Waals surface area contributed by atoms with Crippen LogP contribution in [0.25, 0.3) is 0 Å². The molecular formula is C14H21NO. The van der Waals surface area contributed by atoms with Crippen LogP contribution in [-0.2, 0) is 11.2 Å². The Bertz CT molecular complexity index is 356. The molecule has 0 amide bonds. The zero-order chi connectivity index (χ0) is 11.5. The summed E-state index contributed by atoms with van der Waals surface area (Å²) in [5, 5.41) is 0. The second kappa shape index (κ2) is 4.98. The first-order chi connectivity index (χ1) is 7.66. The van der Waals surface area contributed by atoms with E-state index in [0.29, 0.717) is 0 Å². The normalized spacial score (nSPS) is 22.3. The molecule has 1 aliphatic rings. The molecule has 0 spiro atoms. The van der Waals surface area contributed by atoms with Gasteiger partial charge in [0.15, 0.2) is 0 Å². The van der Waals surface area contributed by atoms with Crippen LogP contribution in [0, 0.1) is 13.8 Å². The van der Waals surface area contributed by atoms with Gasteiger partial charge in [-0.1, -0.05) is 18.2 Å². The second-order valence-corrected chi connectivity index (χ2v) is 4.84. The minimum Gasteiger partial charge on any atom is -0.377 e. The summed E-state index contributed by atoms with van der Waals surface area (Å²) in [5.41, 5.74) is 10.2. The lowest BCUT2D eigenvalue weighted by Crippen LogP contribution is -2.36. The third-order valence-electron chi connectivity index (χ3n) is 3.49. The predicted octanol–water partition coefficient (Wildman–Crippen LogP) is 2.35. The average Bonchev–Trinajstić information content (AvgIpc) is 2.77. The number of hydrogen-bond donors (Lipinski definition) is 1. The van der Waals surface area contributed by atoms with Gasteiger partial charge in [0.25, 0.3) is 0 Å². The smallest absolute Gasteiger partial charge is 0.0730 e. The van der Waals surface area contributed by atoms with E-state index in [-0.39, 0.29) is 12.1 Å². The molecule has 2 nitrogen and oxygen atoms in total. The molecule has 2 rings (SSSR count). The van der Waals surface area contributed by atoms with Crippen LogP contribution in [0.15, 0.2) is 18.2 Å². The Morgan fingerprint density at radius 2 is 2.19 bits per heavy atom. The van der Waals surface area contributed by atoms with Crippen molar-refractivity contribution in [2.45, 2.75) is 45.3 Å².